The predicted molar refractivity (Wildman–Crippen MR) is 119 cm³/mol. The molecule has 0 atom stereocenters. The Labute approximate surface area is 184 Å². The summed E-state index contributed by atoms with van der Waals surface area (Å²) in [5, 5.41) is 3.89. The van der Waals surface area contributed by atoms with Crippen molar-refractivity contribution in [2.75, 3.05) is 6.61 Å². The van der Waals surface area contributed by atoms with Gasteiger partial charge in [0.25, 0.3) is 5.91 Å². The number of carbonyl (C=O) groups is 1. The van der Waals surface area contributed by atoms with Crippen LogP contribution in [0, 0.1) is 0 Å². The highest BCUT2D eigenvalue weighted by Gasteiger charge is 2.14. The summed E-state index contributed by atoms with van der Waals surface area (Å²) in [5.41, 5.74) is 2.27. The van der Waals surface area contributed by atoms with Gasteiger partial charge in [-0.1, -0.05) is 59.6 Å². The lowest BCUT2D eigenvalue weighted by Gasteiger charge is -2.12. The molecule has 1 N–H and O–H groups in total. The third-order valence-corrected chi connectivity index (χ3v) is 5.31. The molecule has 30 heavy (non-hydrogen) atoms. The summed E-state index contributed by atoms with van der Waals surface area (Å²) >= 11 is 12.3. The fourth-order valence-corrected chi connectivity index (χ4v) is 3.63. The highest BCUT2D eigenvalue weighted by atomic mass is 35.5. The van der Waals surface area contributed by atoms with Crippen molar-refractivity contribution in [1.82, 2.24) is 14.9 Å². The Bertz CT molecular complexity index is 1190. The van der Waals surface area contributed by atoms with Gasteiger partial charge in [-0.3, -0.25) is 4.79 Å². The number of amides is 1. The first-order chi connectivity index (χ1) is 14.6. The molecular weight excluding hydrogens is 421 g/mol. The number of aromatic nitrogens is 2. The molecule has 0 radical (unpaired) electrons. The van der Waals surface area contributed by atoms with Crippen LogP contribution in [0.25, 0.3) is 11.0 Å². The molecule has 1 aromatic heterocycles. The largest absolute Gasteiger partial charge is 0.490 e. The molecule has 152 valence electrons. The van der Waals surface area contributed by atoms with E-state index in [2.05, 4.69) is 10.3 Å². The molecule has 0 aliphatic rings. The molecule has 0 aliphatic carbocycles. The highest BCUT2D eigenvalue weighted by Crippen LogP contribution is 2.23. The normalized spacial score (nSPS) is 10.9. The summed E-state index contributed by atoms with van der Waals surface area (Å²) in [7, 11) is 0. The molecule has 5 nitrogen and oxygen atoms in total. The Kier molecular flexibility index (Phi) is 6.21. The van der Waals surface area contributed by atoms with Crippen LogP contribution in [0.2, 0.25) is 10.0 Å². The van der Waals surface area contributed by atoms with Crippen molar-refractivity contribution in [3.05, 3.63) is 94.2 Å². The molecular formula is C23H19Cl2N3O2. The lowest BCUT2D eigenvalue weighted by molar-refractivity contribution is 0.0949. The summed E-state index contributed by atoms with van der Waals surface area (Å²) in [5.74, 6) is 1.13. The zero-order valence-corrected chi connectivity index (χ0v) is 17.5. The number of nitrogens with one attached hydrogen (secondary N) is 1. The van der Waals surface area contributed by atoms with E-state index in [4.69, 9.17) is 27.9 Å². The molecule has 1 amide bonds. The van der Waals surface area contributed by atoms with Gasteiger partial charge < -0.3 is 14.6 Å². The topological polar surface area (TPSA) is 56.2 Å². The van der Waals surface area contributed by atoms with Crippen molar-refractivity contribution in [2.24, 2.45) is 0 Å². The maximum atomic E-state index is 12.5. The fraction of sp³-hybridized carbons (Fsp3) is 0.130. The van der Waals surface area contributed by atoms with Crippen LogP contribution in [-0.2, 0) is 13.1 Å². The minimum atomic E-state index is -0.244. The van der Waals surface area contributed by atoms with E-state index in [1.807, 2.05) is 47.0 Å². The number of para-hydroxylation sites is 3. The molecule has 0 saturated heterocycles. The molecule has 0 saturated carbocycles. The molecule has 0 bridgehead atoms. The highest BCUT2D eigenvalue weighted by molar-refractivity contribution is 6.33. The number of hydrogen-bond acceptors (Lipinski definition) is 3. The standard InChI is InChI=1S/C23H19Cl2N3O2/c24-17-8-2-1-7-16(17)23(29)26-15-22-27-19-10-4-5-11-20(19)28(22)13-14-30-21-12-6-3-9-18(21)25/h1-12H,13-15H2,(H,26,29). The Hall–Kier alpha value is -3.02. The summed E-state index contributed by atoms with van der Waals surface area (Å²) in [6.45, 7) is 1.24. The summed E-state index contributed by atoms with van der Waals surface area (Å²) in [4.78, 5) is 17.2. The van der Waals surface area contributed by atoms with E-state index in [0.717, 1.165) is 16.9 Å². The van der Waals surface area contributed by atoms with Crippen molar-refractivity contribution in [3.63, 3.8) is 0 Å². The first-order valence-corrected chi connectivity index (χ1v) is 10.2. The molecule has 0 spiro atoms. The average molecular weight is 440 g/mol. The molecule has 7 heteroatoms. The average Bonchev–Trinajstić information content (AvgIpc) is 3.11. The van der Waals surface area contributed by atoms with E-state index in [1.165, 1.54) is 0 Å². The number of carbonyl (C=O) groups excluding carboxylic acids is 1. The Balaban J connectivity index is 1.51. The molecule has 0 unspecified atom stereocenters. The minimum absolute atomic E-state index is 0.244. The number of imidazole rings is 1. The van der Waals surface area contributed by atoms with Crippen LogP contribution in [0.15, 0.2) is 72.8 Å². The predicted octanol–water partition coefficient (Wildman–Crippen LogP) is 5.35. The summed E-state index contributed by atoms with van der Waals surface area (Å²) in [6, 6.07) is 22.2. The van der Waals surface area contributed by atoms with Gasteiger partial charge in [0, 0.05) is 0 Å². The van der Waals surface area contributed by atoms with Crippen LogP contribution < -0.4 is 10.1 Å². The third kappa shape index (κ3) is 4.42. The maximum Gasteiger partial charge on any atom is 0.253 e. The van der Waals surface area contributed by atoms with Gasteiger partial charge in [-0.05, 0) is 36.4 Å². The van der Waals surface area contributed by atoms with E-state index in [0.29, 0.717) is 34.5 Å². The molecule has 4 rings (SSSR count). The molecule has 0 fully saturated rings. The van der Waals surface area contributed by atoms with Crippen LogP contribution in [0.1, 0.15) is 16.2 Å². The van der Waals surface area contributed by atoms with Gasteiger partial charge in [0.05, 0.1) is 39.7 Å². The quantitative estimate of drug-likeness (QED) is 0.422. The van der Waals surface area contributed by atoms with Gasteiger partial charge in [-0.2, -0.15) is 0 Å². The second-order valence-corrected chi connectivity index (χ2v) is 7.42. The van der Waals surface area contributed by atoms with Crippen molar-refractivity contribution < 1.29 is 9.53 Å². The van der Waals surface area contributed by atoms with Crippen molar-refractivity contribution in [3.8, 4) is 5.75 Å². The minimum Gasteiger partial charge on any atom is -0.490 e. The molecule has 4 aromatic rings. The first-order valence-electron chi connectivity index (χ1n) is 9.47. The molecule has 0 aliphatic heterocycles. The number of hydrogen-bond donors (Lipinski definition) is 1. The molecule has 1 heterocycles. The van der Waals surface area contributed by atoms with Gasteiger partial charge in [0.1, 0.15) is 18.2 Å². The number of benzene rings is 3. The van der Waals surface area contributed by atoms with Crippen LogP contribution in [0.4, 0.5) is 0 Å². The second kappa shape index (κ2) is 9.20. The lowest BCUT2D eigenvalue weighted by Crippen LogP contribution is -2.25. The van der Waals surface area contributed by atoms with Gasteiger partial charge in [0.15, 0.2) is 0 Å². The van der Waals surface area contributed by atoms with Crippen LogP contribution >= 0.6 is 23.2 Å². The van der Waals surface area contributed by atoms with Crippen LogP contribution in [-0.4, -0.2) is 22.1 Å². The zero-order valence-electron chi connectivity index (χ0n) is 16.0. The lowest BCUT2D eigenvalue weighted by atomic mass is 10.2. The number of nitrogens with zero attached hydrogens (tertiary/aromatic N) is 2. The van der Waals surface area contributed by atoms with Gasteiger partial charge in [-0.15, -0.1) is 0 Å². The number of rotatable bonds is 7. The van der Waals surface area contributed by atoms with E-state index < -0.39 is 0 Å². The SMILES string of the molecule is O=C(NCc1nc2ccccc2n1CCOc1ccccc1Cl)c1ccccc1Cl. The van der Waals surface area contributed by atoms with Gasteiger partial charge in [-0.25, -0.2) is 4.98 Å². The van der Waals surface area contributed by atoms with Gasteiger partial charge in [0.2, 0.25) is 0 Å². The summed E-state index contributed by atoms with van der Waals surface area (Å²) in [6.07, 6.45) is 0. The Morgan fingerprint density at radius 1 is 0.933 bits per heavy atom. The van der Waals surface area contributed by atoms with Gasteiger partial charge >= 0.3 is 0 Å². The number of fused-ring (bicyclic) bond motifs is 1. The smallest absolute Gasteiger partial charge is 0.253 e. The Morgan fingerprint density at radius 3 is 2.43 bits per heavy atom. The third-order valence-electron chi connectivity index (χ3n) is 4.67. The summed E-state index contributed by atoms with van der Waals surface area (Å²) < 4.78 is 7.88. The van der Waals surface area contributed by atoms with Crippen molar-refractivity contribution in [2.45, 2.75) is 13.1 Å². The van der Waals surface area contributed by atoms with E-state index in [9.17, 15) is 4.79 Å². The number of halogens is 2. The maximum absolute atomic E-state index is 12.5. The second-order valence-electron chi connectivity index (χ2n) is 6.61. The first kappa shape index (κ1) is 20.3. The van der Waals surface area contributed by atoms with E-state index in [1.54, 1.807) is 30.3 Å². The van der Waals surface area contributed by atoms with E-state index >= 15 is 0 Å². The Morgan fingerprint density at radius 2 is 1.63 bits per heavy atom. The fourth-order valence-electron chi connectivity index (χ4n) is 3.22. The van der Waals surface area contributed by atoms with Crippen molar-refractivity contribution in [1.29, 1.82) is 0 Å². The molecule has 3 aromatic carbocycles. The van der Waals surface area contributed by atoms with Crippen LogP contribution in [0.5, 0.6) is 5.75 Å². The zero-order chi connectivity index (χ0) is 20.9. The number of ether oxygens (including phenoxy) is 1. The van der Waals surface area contributed by atoms with Crippen LogP contribution in [0.3, 0.4) is 0 Å². The van der Waals surface area contributed by atoms with E-state index in [-0.39, 0.29) is 12.5 Å². The van der Waals surface area contributed by atoms with Crippen molar-refractivity contribution >= 4 is 40.1 Å². The monoisotopic (exact) mass is 439 g/mol.